The molecule has 4 nitrogen and oxygen atoms in total. The van der Waals surface area contributed by atoms with Crippen LogP contribution < -0.4 is 10.2 Å². The largest absolute Gasteiger partial charge is 0.371 e. The fraction of sp³-hybridized carbons (Fsp3) is 0.538. The molecule has 1 N–H and O–H groups in total. The van der Waals surface area contributed by atoms with Crippen LogP contribution in [0.1, 0.15) is 12.8 Å². The molecule has 0 aromatic heterocycles. The van der Waals surface area contributed by atoms with E-state index in [2.05, 4.69) is 10.2 Å². The van der Waals surface area contributed by atoms with Crippen molar-refractivity contribution in [2.24, 2.45) is 0 Å². The molecule has 1 saturated heterocycles. The highest BCUT2D eigenvalue weighted by atomic mass is 32.2. The summed E-state index contributed by atoms with van der Waals surface area (Å²) in [5, 5.41) is 3.23. The molecule has 1 aromatic rings. The van der Waals surface area contributed by atoms with Gasteiger partial charge in [0.2, 0.25) is 9.84 Å². The Hall–Kier alpha value is -1.21. The molecule has 112 valence electrons. The number of halogens is 2. The molecule has 1 aliphatic rings. The maximum absolute atomic E-state index is 12.4. The number of anilines is 1. The lowest BCUT2D eigenvalue weighted by atomic mass is 10.0. The van der Waals surface area contributed by atoms with E-state index in [0.717, 1.165) is 31.6 Å². The van der Waals surface area contributed by atoms with Crippen molar-refractivity contribution in [2.45, 2.75) is 29.5 Å². The molecule has 1 fully saturated rings. The summed E-state index contributed by atoms with van der Waals surface area (Å²) in [5.41, 5.74) is 0.868. The first kappa shape index (κ1) is 15.2. The highest BCUT2D eigenvalue weighted by Crippen LogP contribution is 2.24. The number of sulfone groups is 1. The Morgan fingerprint density at radius 2 is 1.75 bits per heavy atom. The van der Waals surface area contributed by atoms with E-state index in [1.165, 1.54) is 12.1 Å². The molecule has 1 aliphatic heterocycles. The molecule has 0 spiro atoms. The molecule has 0 radical (unpaired) electrons. The van der Waals surface area contributed by atoms with Crippen LogP contribution in [0, 0.1) is 0 Å². The molecule has 7 heteroatoms. The van der Waals surface area contributed by atoms with Gasteiger partial charge in [0, 0.05) is 24.8 Å². The van der Waals surface area contributed by atoms with E-state index in [-0.39, 0.29) is 4.90 Å². The van der Waals surface area contributed by atoms with Gasteiger partial charge in [0.1, 0.15) is 0 Å². The monoisotopic (exact) mass is 304 g/mol. The zero-order valence-corrected chi connectivity index (χ0v) is 12.0. The van der Waals surface area contributed by atoms with E-state index in [1.54, 1.807) is 12.1 Å². The van der Waals surface area contributed by atoms with Crippen LogP contribution in [0.15, 0.2) is 29.2 Å². The lowest BCUT2D eigenvalue weighted by Gasteiger charge is -2.33. The minimum absolute atomic E-state index is 0.332. The molecule has 0 aliphatic carbocycles. The minimum Gasteiger partial charge on any atom is -0.371 e. The van der Waals surface area contributed by atoms with Gasteiger partial charge in [-0.1, -0.05) is 0 Å². The quantitative estimate of drug-likeness (QED) is 0.922. The van der Waals surface area contributed by atoms with Gasteiger partial charge >= 0.3 is 5.76 Å². The average Bonchev–Trinajstić information content (AvgIpc) is 2.47. The van der Waals surface area contributed by atoms with Crippen molar-refractivity contribution in [3.8, 4) is 0 Å². The maximum atomic E-state index is 12.4. The first-order valence-electron chi connectivity index (χ1n) is 6.49. The Morgan fingerprint density at radius 3 is 2.20 bits per heavy atom. The van der Waals surface area contributed by atoms with Crippen molar-refractivity contribution < 1.29 is 17.2 Å². The number of nitrogens with zero attached hydrogens (tertiary/aromatic N) is 1. The van der Waals surface area contributed by atoms with Gasteiger partial charge < -0.3 is 10.2 Å². The Morgan fingerprint density at radius 1 is 1.20 bits per heavy atom. The molecule has 20 heavy (non-hydrogen) atoms. The molecule has 0 bridgehead atoms. The predicted octanol–water partition coefficient (Wildman–Crippen LogP) is 1.87. The van der Waals surface area contributed by atoms with E-state index in [0.29, 0.717) is 6.04 Å². The Labute approximate surface area is 117 Å². The highest BCUT2D eigenvalue weighted by molar-refractivity contribution is 7.91. The van der Waals surface area contributed by atoms with Crippen LogP contribution in [-0.4, -0.2) is 40.4 Å². The second kappa shape index (κ2) is 6.05. The first-order valence-corrected chi connectivity index (χ1v) is 8.04. The van der Waals surface area contributed by atoms with Crippen LogP contribution in [0.2, 0.25) is 0 Å². The van der Waals surface area contributed by atoms with Crippen LogP contribution in [0.3, 0.4) is 0 Å². The molecule has 0 amide bonds. The number of piperidine rings is 1. The summed E-state index contributed by atoms with van der Waals surface area (Å²) in [4.78, 5) is 1.80. The first-order chi connectivity index (χ1) is 9.45. The van der Waals surface area contributed by atoms with Gasteiger partial charge in [-0.2, -0.15) is 8.78 Å². The Balaban J connectivity index is 2.10. The van der Waals surface area contributed by atoms with Crippen molar-refractivity contribution in [3.05, 3.63) is 24.3 Å². The molecule has 0 atom stereocenters. The number of alkyl halides is 2. The number of hydrogen-bond donors (Lipinski definition) is 1. The van der Waals surface area contributed by atoms with Crippen LogP contribution in [0.25, 0.3) is 0 Å². The van der Waals surface area contributed by atoms with E-state index >= 15 is 0 Å². The third-order valence-corrected chi connectivity index (χ3v) is 5.07. The van der Waals surface area contributed by atoms with Gasteiger partial charge in [0.25, 0.3) is 0 Å². The zero-order chi connectivity index (χ0) is 14.8. The molecule has 0 saturated carbocycles. The lowest BCUT2D eigenvalue weighted by molar-refractivity contribution is 0.234. The summed E-state index contributed by atoms with van der Waals surface area (Å²) >= 11 is 0. The Kier molecular flexibility index (Phi) is 4.59. The van der Waals surface area contributed by atoms with Crippen molar-refractivity contribution in [2.75, 3.05) is 25.0 Å². The third kappa shape index (κ3) is 3.09. The van der Waals surface area contributed by atoms with E-state index < -0.39 is 15.6 Å². The van der Waals surface area contributed by atoms with E-state index in [1.807, 2.05) is 7.05 Å². The zero-order valence-electron chi connectivity index (χ0n) is 11.2. The van der Waals surface area contributed by atoms with Crippen LogP contribution >= 0.6 is 0 Å². The normalized spacial score (nSPS) is 17.7. The number of rotatable bonds is 4. The standard InChI is InChI=1S/C13H18F2N2O2S/c1-16-10-6-8-17(9-7-10)11-2-4-12(5-3-11)20(18,19)13(14)15/h2-5,10,13,16H,6-9H2,1H3. The molecular formula is C13H18F2N2O2S. The third-order valence-electron chi connectivity index (χ3n) is 3.67. The molecule has 1 aromatic carbocycles. The summed E-state index contributed by atoms with van der Waals surface area (Å²) in [6.07, 6.45) is 2.02. The average molecular weight is 304 g/mol. The minimum atomic E-state index is -4.50. The van der Waals surface area contributed by atoms with Gasteiger partial charge in [-0.3, -0.25) is 0 Å². The topological polar surface area (TPSA) is 49.4 Å². The smallest absolute Gasteiger partial charge is 0.341 e. The lowest BCUT2D eigenvalue weighted by Crippen LogP contribution is -2.41. The Bertz CT molecular complexity index is 538. The van der Waals surface area contributed by atoms with Crippen LogP contribution in [-0.2, 0) is 9.84 Å². The molecule has 0 unspecified atom stereocenters. The molecule has 2 rings (SSSR count). The summed E-state index contributed by atoms with van der Waals surface area (Å²) < 4.78 is 47.5. The molecular weight excluding hydrogens is 286 g/mol. The maximum Gasteiger partial charge on any atom is 0.341 e. The molecule has 1 heterocycles. The number of hydrogen-bond acceptors (Lipinski definition) is 4. The number of nitrogens with one attached hydrogen (secondary N) is 1. The summed E-state index contributed by atoms with van der Waals surface area (Å²) in [6, 6.07) is 6.19. The van der Waals surface area contributed by atoms with Crippen molar-refractivity contribution in [1.82, 2.24) is 5.32 Å². The van der Waals surface area contributed by atoms with Gasteiger partial charge in [-0.05, 0) is 44.2 Å². The van der Waals surface area contributed by atoms with E-state index in [4.69, 9.17) is 0 Å². The van der Waals surface area contributed by atoms with Gasteiger partial charge in [-0.25, -0.2) is 8.42 Å². The summed E-state index contributed by atoms with van der Waals surface area (Å²) in [5.74, 6) is -3.38. The van der Waals surface area contributed by atoms with Crippen molar-refractivity contribution in [1.29, 1.82) is 0 Å². The van der Waals surface area contributed by atoms with E-state index in [9.17, 15) is 17.2 Å². The SMILES string of the molecule is CNC1CCN(c2ccc(S(=O)(=O)C(F)F)cc2)CC1. The van der Waals surface area contributed by atoms with Gasteiger partial charge in [0.15, 0.2) is 0 Å². The fourth-order valence-electron chi connectivity index (χ4n) is 2.38. The van der Waals surface area contributed by atoms with Crippen LogP contribution in [0.5, 0.6) is 0 Å². The highest BCUT2D eigenvalue weighted by Gasteiger charge is 2.26. The van der Waals surface area contributed by atoms with Gasteiger partial charge in [0.05, 0.1) is 4.90 Å². The second-order valence-corrected chi connectivity index (χ2v) is 6.77. The van der Waals surface area contributed by atoms with Crippen LogP contribution in [0.4, 0.5) is 14.5 Å². The van der Waals surface area contributed by atoms with Crippen molar-refractivity contribution in [3.63, 3.8) is 0 Å². The van der Waals surface area contributed by atoms with Crippen molar-refractivity contribution >= 4 is 15.5 Å². The predicted molar refractivity (Wildman–Crippen MR) is 73.9 cm³/mol. The summed E-state index contributed by atoms with van der Waals surface area (Å²) in [6.45, 7) is 1.74. The second-order valence-electron chi connectivity index (χ2n) is 4.85. The number of benzene rings is 1. The summed E-state index contributed by atoms with van der Waals surface area (Å²) in [7, 11) is -2.56. The fourth-order valence-corrected chi connectivity index (χ4v) is 3.10. The van der Waals surface area contributed by atoms with Gasteiger partial charge in [-0.15, -0.1) is 0 Å².